The number of hydrogen-bond acceptors (Lipinski definition) is 3. The van der Waals surface area contributed by atoms with E-state index >= 15 is 0 Å². The minimum Gasteiger partial charge on any atom is -0.480 e. The van der Waals surface area contributed by atoms with Crippen LogP contribution >= 0.6 is 0 Å². The summed E-state index contributed by atoms with van der Waals surface area (Å²) in [5.74, 6) is 1.04. The molecule has 0 heterocycles. The molecule has 2 N–H and O–H groups in total. The van der Waals surface area contributed by atoms with Gasteiger partial charge in [-0.25, -0.2) is 0 Å². The molecule has 0 radical (unpaired) electrons. The lowest BCUT2D eigenvalue weighted by Crippen LogP contribution is -2.55. The highest BCUT2D eigenvalue weighted by atomic mass is 16.4. The highest BCUT2D eigenvalue weighted by Crippen LogP contribution is 2.34. The average Bonchev–Trinajstić information content (AvgIpc) is 3.07. The Morgan fingerprint density at radius 1 is 1.18 bits per heavy atom. The van der Waals surface area contributed by atoms with Crippen molar-refractivity contribution in [2.75, 3.05) is 13.1 Å². The first-order chi connectivity index (χ1) is 10.6. The fourth-order valence-electron chi connectivity index (χ4n) is 4.39. The zero-order valence-electron chi connectivity index (χ0n) is 14.0. The highest BCUT2D eigenvalue weighted by molar-refractivity contribution is 5.69. The van der Waals surface area contributed by atoms with Crippen LogP contribution in [-0.4, -0.2) is 47.2 Å². The normalized spacial score (nSPS) is 30.5. The van der Waals surface area contributed by atoms with Crippen molar-refractivity contribution in [3.05, 3.63) is 0 Å². The molecule has 0 aromatic heterocycles. The van der Waals surface area contributed by atoms with Crippen LogP contribution in [0.2, 0.25) is 0 Å². The lowest BCUT2D eigenvalue weighted by Gasteiger charge is -2.44. The summed E-state index contributed by atoms with van der Waals surface area (Å²) in [4.78, 5) is 13.3. The van der Waals surface area contributed by atoms with Gasteiger partial charge >= 0.3 is 5.97 Å². The van der Waals surface area contributed by atoms with E-state index in [0.29, 0.717) is 18.1 Å². The van der Waals surface area contributed by atoms with E-state index in [0.717, 1.165) is 31.2 Å². The molecule has 4 heteroatoms. The van der Waals surface area contributed by atoms with Crippen LogP contribution in [0.15, 0.2) is 0 Å². The van der Waals surface area contributed by atoms with Crippen molar-refractivity contribution in [3.63, 3.8) is 0 Å². The van der Waals surface area contributed by atoms with Crippen molar-refractivity contribution in [3.8, 4) is 0 Å². The van der Waals surface area contributed by atoms with Crippen molar-refractivity contribution >= 4 is 5.97 Å². The number of carbonyl (C=O) groups is 1. The monoisotopic (exact) mass is 308 g/mol. The van der Waals surface area contributed by atoms with Gasteiger partial charge in [0.2, 0.25) is 0 Å². The maximum atomic E-state index is 11.1. The molecule has 0 saturated heterocycles. The summed E-state index contributed by atoms with van der Waals surface area (Å²) >= 11 is 0. The van der Waals surface area contributed by atoms with Gasteiger partial charge in [-0.3, -0.25) is 9.69 Å². The average molecular weight is 308 g/mol. The lowest BCUT2D eigenvalue weighted by molar-refractivity contribution is -0.139. The second kappa shape index (κ2) is 7.31. The van der Waals surface area contributed by atoms with Gasteiger partial charge in [-0.1, -0.05) is 25.7 Å². The summed E-state index contributed by atoms with van der Waals surface area (Å²) in [5.41, 5.74) is 0. The Labute approximate surface area is 134 Å². The van der Waals surface area contributed by atoms with Crippen LogP contribution in [-0.2, 0) is 4.79 Å². The minimum atomic E-state index is -0.674. The summed E-state index contributed by atoms with van der Waals surface area (Å²) in [6.07, 6.45) is 11.9. The Balaban J connectivity index is 1.36. The predicted molar refractivity (Wildman–Crippen MR) is 87.9 cm³/mol. The quantitative estimate of drug-likeness (QED) is 0.688. The van der Waals surface area contributed by atoms with Crippen molar-refractivity contribution in [1.29, 1.82) is 0 Å². The largest absolute Gasteiger partial charge is 0.480 e. The maximum Gasteiger partial charge on any atom is 0.317 e. The lowest BCUT2D eigenvalue weighted by atomic mass is 9.84. The van der Waals surface area contributed by atoms with Gasteiger partial charge in [0.05, 0.1) is 6.54 Å². The van der Waals surface area contributed by atoms with Crippen LogP contribution in [0.4, 0.5) is 0 Å². The zero-order chi connectivity index (χ0) is 15.5. The predicted octanol–water partition coefficient (Wildman–Crippen LogP) is 2.87. The standard InChI is InChI=1S/C18H32N2O2/c1-13(8-14-4-2-3-5-14)19-16-9-17(10-16)20(12-18(21)22)11-15-6-7-15/h13-17,19H,2-12H2,1H3,(H,21,22). The molecular formula is C18H32N2O2. The topological polar surface area (TPSA) is 52.6 Å². The number of nitrogens with one attached hydrogen (secondary N) is 1. The van der Waals surface area contributed by atoms with Crippen molar-refractivity contribution < 1.29 is 9.90 Å². The number of hydrogen-bond donors (Lipinski definition) is 2. The van der Waals surface area contributed by atoms with Gasteiger partial charge in [-0.05, 0) is 50.9 Å². The number of rotatable bonds is 9. The number of nitrogens with zero attached hydrogens (tertiary/aromatic N) is 1. The number of aliphatic carboxylic acids is 1. The van der Waals surface area contributed by atoms with E-state index in [1.165, 1.54) is 44.9 Å². The minimum absolute atomic E-state index is 0.228. The highest BCUT2D eigenvalue weighted by Gasteiger charge is 2.37. The van der Waals surface area contributed by atoms with E-state index in [4.69, 9.17) is 5.11 Å². The molecule has 3 saturated carbocycles. The van der Waals surface area contributed by atoms with Gasteiger partial charge in [0.25, 0.3) is 0 Å². The van der Waals surface area contributed by atoms with Gasteiger partial charge in [0.15, 0.2) is 0 Å². The molecule has 0 aromatic carbocycles. The van der Waals surface area contributed by atoms with Gasteiger partial charge < -0.3 is 10.4 Å². The van der Waals surface area contributed by atoms with Crippen molar-refractivity contribution in [2.45, 2.75) is 82.8 Å². The summed E-state index contributed by atoms with van der Waals surface area (Å²) < 4.78 is 0. The van der Waals surface area contributed by atoms with E-state index < -0.39 is 5.97 Å². The fraction of sp³-hybridized carbons (Fsp3) is 0.944. The third-order valence-electron chi connectivity index (χ3n) is 5.84. The molecule has 3 aliphatic carbocycles. The maximum absolute atomic E-state index is 11.1. The fourth-order valence-corrected chi connectivity index (χ4v) is 4.39. The number of carboxylic acids is 1. The van der Waals surface area contributed by atoms with E-state index in [-0.39, 0.29) is 6.54 Å². The molecule has 22 heavy (non-hydrogen) atoms. The SMILES string of the molecule is CC(CC1CCCC1)NC1CC(N(CC(=O)O)CC2CC2)C1. The van der Waals surface area contributed by atoms with Crippen molar-refractivity contribution in [1.82, 2.24) is 10.2 Å². The van der Waals surface area contributed by atoms with Gasteiger partial charge in [0.1, 0.15) is 0 Å². The molecule has 1 atom stereocenters. The first kappa shape index (κ1) is 16.3. The molecule has 3 rings (SSSR count). The second-order valence-corrected chi connectivity index (χ2v) is 8.04. The van der Waals surface area contributed by atoms with E-state index in [1.54, 1.807) is 0 Å². The van der Waals surface area contributed by atoms with Gasteiger partial charge in [0, 0.05) is 24.7 Å². The molecule has 0 aliphatic heterocycles. The Hall–Kier alpha value is -0.610. The third kappa shape index (κ3) is 4.69. The molecule has 0 amide bonds. The molecule has 126 valence electrons. The molecule has 4 nitrogen and oxygen atoms in total. The molecule has 0 aromatic rings. The summed E-state index contributed by atoms with van der Waals surface area (Å²) in [5, 5.41) is 12.9. The smallest absolute Gasteiger partial charge is 0.317 e. The first-order valence-electron chi connectivity index (χ1n) is 9.32. The zero-order valence-corrected chi connectivity index (χ0v) is 14.0. The van der Waals surface area contributed by atoms with E-state index in [2.05, 4.69) is 17.1 Å². The van der Waals surface area contributed by atoms with Crippen LogP contribution in [0.1, 0.15) is 64.7 Å². The second-order valence-electron chi connectivity index (χ2n) is 8.04. The molecular weight excluding hydrogens is 276 g/mol. The molecule has 0 spiro atoms. The third-order valence-corrected chi connectivity index (χ3v) is 5.84. The van der Waals surface area contributed by atoms with Crippen molar-refractivity contribution in [2.24, 2.45) is 11.8 Å². The molecule has 3 aliphatic rings. The van der Waals surface area contributed by atoms with E-state index in [1.807, 2.05) is 0 Å². The van der Waals surface area contributed by atoms with Crippen LogP contribution in [0.5, 0.6) is 0 Å². The summed E-state index contributed by atoms with van der Waals surface area (Å²) in [6.45, 7) is 3.55. The Bertz CT molecular complexity index is 371. The Morgan fingerprint density at radius 2 is 1.86 bits per heavy atom. The number of carboxylic acid groups (broad SMARTS) is 1. The van der Waals surface area contributed by atoms with Gasteiger partial charge in [-0.15, -0.1) is 0 Å². The van der Waals surface area contributed by atoms with E-state index in [9.17, 15) is 4.79 Å². The molecule has 3 fully saturated rings. The molecule has 1 unspecified atom stereocenters. The van der Waals surface area contributed by atoms with Crippen LogP contribution in [0.3, 0.4) is 0 Å². The Morgan fingerprint density at radius 3 is 2.45 bits per heavy atom. The Kier molecular flexibility index (Phi) is 5.40. The molecule has 0 bridgehead atoms. The summed E-state index contributed by atoms with van der Waals surface area (Å²) in [6, 6.07) is 1.72. The van der Waals surface area contributed by atoms with Crippen LogP contribution < -0.4 is 5.32 Å². The van der Waals surface area contributed by atoms with Crippen LogP contribution in [0.25, 0.3) is 0 Å². The first-order valence-corrected chi connectivity index (χ1v) is 9.32. The van der Waals surface area contributed by atoms with Crippen LogP contribution in [0, 0.1) is 11.8 Å². The van der Waals surface area contributed by atoms with Gasteiger partial charge in [-0.2, -0.15) is 0 Å². The summed E-state index contributed by atoms with van der Waals surface area (Å²) in [7, 11) is 0.